The molecule has 0 amide bonds. The molecule has 0 saturated heterocycles. The van der Waals surface area contributed by atoms with Crippen molar-refractivity contribution in [2.75, 3.05) is 12.4 Å². The molecule has 1 aromatic heterocycles. The number of ether oxygens (including phenoxy) is 1. The standard InChI is InChI=1S/C14H15N3O3/c1-10(11-4-3-5-15-9-11)16-12-6-13(17(18)19)8-14(7-12)20-2/h3-10,16H,1-2H3. The summed E-state index contributed by atoms with van der Waals surface area (Å²) in [6.45, 7) is 1.96. The van der Waals surface area contributed by atoms with Gasteiger partial charge in [-0.15, -0.1) is 0 Å². The average Bonchev–Trinajstić information content (AvgIpc) is 2.47. The topological polar surface area (TPSA) is 77.3 Å². The molecule has 0 saturated carbocycles. The fraction of sp³-hybridized carbons (Fsp3) is 0.214. The van der Waals surface area contributed by atoms with Gasteiger partial charge in [0, 0.05) is 30.2 Å². The maximum absolute atomic E-state index is 10.9. The van der Waals surface area contributed by atoms with Gasteiger partial charge in [-0.1, -0.05) is 6.07 Å². The Morgan fingerprint density at radius 2 is 2.20 bits per heavy atom. The fourth-order valence-corrected chi connectivity index (χ4v) is 1.86. The summed E-state index contributed by atoms with van der Waals surface area (Å²) in [5.74, 6) is 0.445. The number of nitrogens with one attached hydrogen (secondary N) is 1. The molecule has 0 fully saturated rings. The van der Waals surface area contributed by atoms with Crippen LogP contribution in [0.15, 0.2) is 42.7 Å². The third-order valence-electron chi connectivity index (χ3n) is 2.91. The second kappa shape index (κ2) is 6.01. The second-order valence-corrected chi connectivity index (χ2v) is 4.33. The van der Waals surface area contributed by atoms with Crippen LogP contribution in [0.3, 0.4) is 0 Å². The molecule has 1 aromatic carbocycles. The van der Waals surface area contributed by atoms with Gasteiger partial charge in [-0.05, 0) is 18.6 Å². The highest BCUT2D eigenvalue weighted by molar-refractivity contribution is 5.57. The van der Waals surface area contributed by atoms with Crippen LogP contribution in [0.2, 0.25) is 0 Å². The Balaban J connectivity index is 2.24. The molecule has 0 radical (unpaired) electrons. The molecule has 0 aliphatic rings. The molecule has 6 nitrogen and oxygen atoms in total. The van der Waals surface area contributed by atoms with Crippen molar-refractivity contribution in [2.24, 2.45) is 0 Å². The molecule has 1 unspecified atom stereocenters. The van der Waals surface area contributed by atoms with Gasteiger partial charge in [-0.25, -0.2) is 0 Å². The summed E-state index contributed by atoms with van der Waals surface area (Å²) in [7, 11) is 1.48. The molecule has 2 aromatic rings. The summed E-state index contributed by atoms with van der Waals surface area (Å²) in [5.41, 5.74) is 1.62. The number of non-ortho nitro benzene ring substituents is 1. The van der Waals surface area contributed by atoms with Crippen LogP contribution in [0.5, 0.6) is 5.75 Å². The Labute approximate surface area is 116 Å². The highest BCUT2D eigenvalue weighted by Gasteiger charge is 2.12. The number of nitrogens with zero attached hydrogens (tertiary/aromatic N) is 2. The van der Waals surface area contributed by atoms with E-state index in [2.05, 4.69) is 10.3 Å². The van der Waals surface area contributed by atoms with E-state index in [4.69, 9.17) is 4.74 Å². The fourth-order valence-electron chi connectivity index (χ4n) is 1.86. The highest BCUT2D eigenvalue weighted by atomic mass is 16.6. The normalized spacial score (nSPS) is 11.7. The van der Waals surface area contributed by atoms with Crippen LogP contribution in [0, 0.1) is 10.1 Å². The van der Waals surface area contributed by atoms with Crippen molar-refractivity contribution in [3.8, 4) is 5.75 Å². The highest BCUT2D eigenvalue weighted by Crippen LogP contribution is 2.28. The monoisotopic (exact) mass is 273 g/mol. The number of anilines is 1. The Kier molecular flexibility index (Phi) is 4.14. The number of pyridine rings is 1. The van der Waals surface area contributed by atoms with E-state index in [1.165, 1.54) is 19.2 Å². The smallest absolute Gasteiger partial charge is 0.275 e. The first kappa shape index (κ1) is 13.8. The summed E-state index contributed by atoms with van der Waals surface area (Å²) in [4.78, 5) is 14.5. The van der Waals surface area contributed by atoms with E-state index in [9.17, 15) is 10.1 Å². The first-order valence-electron chi connectivity index (χ1n) is 6.10. The predicted molar refractivity (Wildman–Crippen MR) is 75.9 cm³/mol. The van der Waals surface area contributed by atoms with Gasteiger partial charge in [0.2, 0.25) is 0 Å². The van der Waals surface area contributed by atoms with E-state index >= 15 is 0 Å². The van der Waals surface area contributed by atoms with Crippen molar-refractivity contribution >= 4 is 11.4 Å². The summed E-state index contributed by atoms with van der Waals surface area (Å²) >= 11 is 0. The second-order valence-electron chi connectivity index (χ2n) is 4.33. The molecule has 0 aliphatic heterocycles. The average molecular weight is 273 g/mol. The molecule has 104 valence electrons. The number of hydrogen-bond acceptors (Lipinski definition) is 5. The maximum atomic E-state index is 10.9. The van der Waals surface area contributed by atoms with Gasteiger partial charge in [0.15, 0.2) is 0 Å². The molecule has 20 heavy (non-hydrogen) atoms. The van der Waals surface area contributed by atoms with E-state index in [0.29, 0.717) is 11.4 Å². The Bertz CT molecular complexity index is 602. The van der Waals surface area contributed by atoms with E-state index in [1.807, 2.05) is 19.1 Å². The van der Waals surface area contributed by atoms with Crippen molar-refractivity contribution in [1.29, 1.82) is 0 Å². The van der Waals surface area contributed by atoms with Crippen LogP contribution in [0.4, 0.5) is 11.4 Å². The molecule has 1 atom stereocenters. The zero-order valence-corrected chi connectivity index (χ0v) is 11.2. The first-order chi connectivity index (χ1) is 9.60. The van der Waals surface area contributed by atoms with E-state index in [-0.39, 0.29) is 11.7 Å². The van der Waals surface area contributed by atoms with Crippen molar-refractivity contribution in [1.82, 2.24) is 4.98 Å². The maximum Gasteiger partial charge on any atom is 0.275 e. The van der Waals surface area contributed by atoms with Crippen LogP contribution in [-0.2, 0) is 0 Å². The SMILES string of the molecule is COc1cc(NC(C)c2cccnc2)cc([N+](=O)[O-])c1. The Morgan fingerprint density at radius 3 is 2.80 bits per heavy atom. The van der Waals surface area contributed by atoms with Crippen LogP contribution in [0.25, 0.3) is 0 Å². The lowest BCUT2D eigenvalue weighted by Gasteiger charge is -2.15. The van der Waals surface area contributed by atoms with Crippen molar-refractivity contribution in [2.45, 2.75) is 13.0 Å². The molecular formula is C14H15N3O3. The quantitative estimate of drug-likeness (QED) is 0.668. The Hall–Kier alpha value is -2.63. The third-order valence-corrected chi connectivity index (χ3v) is 2.91. The lowest BCUT2D eigenvalue weighted by molar-refractivity contribution is -0.384. The number of aromatic nitrogens is 1. The zero-order chi connectivity index (χ0) is 14.5. The van der Waals surface area contributed by atoms with Gasteiger partial charge in [0.25, 0.3) is 5.69 Å². The molecule has 0 bridgehead atoms. The molecular weight excluding hydrogens is 258 g/mol. The number of nitro benzene ring substituents is 1. The van der Waals surface area contributed by atoms with Crippen molar-refractivity contribution in [3.63, 3.8) is 0 Å². The summed E-state index contributed by atoms with van der Waals surface area (Å²) in [5, 5.41) is 14.1. The number of rotatable bonds is 5. The van der Waals surface area contributed by atoms with Gasteiger partial charge >= 0.3 is 0 Å². The number of benzene rings is 1. The Morgan fingerprint density at radius 1 is 1.40 bits per heavy atom. The molecule has 1 heterocycles. The minimum Gasteiger partial charge on any atom is -0.496 e. The van der Waals surface area contributed by atoms with Gasteiger partial charge in [0.1, 0.15) is 5.75 Å². The molecule has 6 heteroatoms. The third kappa shape index (κ3) is 3.23. The lowest BCUT2D eigenvalue weighted by atomic mass is 10.1. The predicted octanol–water partition coefficient (Wildman–Crippen LogP) is 3.17. The van der Waals surface area contributed by atoms with E-state index in [0.717, 1.165) is 5.56 Å². The van der Waals surface area contributed by atoms with Gasteiger partial charge < -0.3 is 10.1 Å². The summed E-state index contributed by atoms with van der Waals surface area (Å²) < 4.78 is 5.08. The minimum atomic E-state index is -0.442. The van der Waals surface area contributed by atoms with Gasteiger partial charge in [-0.3, -0.25) is 15.1 Å². The number of methoxy groups -OCH3 is 1. The minimum absolute atomic E-state index is 0.00904. The summed E-state index contributed by atoms with van der Waals surface area (Å²) in [6.07, 6.45) is 3.46. The van der Waals surface area contributed by atoms with Crippen molar-refractivity contribution in [3.05, 3.63) is 58.4 Å². The van der Waals surface area contributed by atoms with Crippen LogP contribution in [-0.4, -0.2) is 17.0 Å². The summed E-state index contributed by atoms with van der Waals surface area (Å²) in [6, 6.07) is 8.37. The van der Waals surface area contributed by atoms with Gasteiger partial charge in [0.05, 0.1) is 24.1 Å². The molecule has 0 aliphatic carbocycles. The lowest BCUT2D eigenvalue weighted by Crippen LogP contribution is -2.07. The zero-order valence-electron chi connectivity index (χ0n) is 11.2. The number of hydrogen-bond donors (Lipinski definition) is 1. The molecule has 1 N–H and O–H groups in total. The molecule has 2 rings (SSSR count). The molecule has 0 spiro atoms. The van der Waals surface area contributed by atoms with Gasteiger partial charge in [-0.2, -0.15) is 0 Å². The van der Waals surface area contributed by atoms with Crippen molar-refractivity contribution < 1.29 is 9.66 Å². The largest absolute Gasteiger partial charge is 0.496 e. The van der Waals surface area contributed by atoms with Crippen LogP contribution >= 0.6 is 0 Å². The van der Waals surface area contributed by atoms with Crippen LogP contribution in [0.1, 0.15) is 18.5 Å². The van der Waals surface area contributed by atoms with Crippen LogP contribution < -0.4 is 10.1 Å². The van der Waals surface area contributed by atoms with E-state index < -0.39 is 4.92 Å². The van der Waals surface area contributed by atoms with E-state index in [1.54, 1.807) is 18.5 Å². The number of nitro groups is 1. The first-order valence-corrected chi connectivity index (χ1v) is 6.10.